The van der Waals surface area contributed by atoms with Crippen molar-refractivity contribution < 1.29 is 4.79 Å². The Balaban J connectivity index is 1.46. The minimum Gasteiger partial charge on any atom is -0.355 e. The fourth-order valence-corrected chi connectivity index (χ4v) is 5.07. The van der Waals surface area contributed by atoms with Crippen LogP contribution in [0.15, 0.2) is 88.8 Å². The van der Waals surface area contributed by atoms with Gasteiger partial charge < -0.3 is 5.32 Å². The second kappa shape index (κ2) is 9.99. The third kappa shape index (κ3) is 4.52. The molecule has 5 rings (SSSR count). The van der Waals surface area contributed by atoms with Crippen molar-refractivity contribution in [2.24, 2.45) is 0 Å². The molecule has 1 amide bonds. The predicted octanol–water partition coefficient (Wildman–Crippen LogP) is 4.74. The highest BCUT2D eigenvalue weighted by Gasteiger charge is 2.22. The van der Waals surface area contributed by atoms with Crippen molar-refractivity contribution in [2.45, 2.75) is 37.1 Å². The van der Waals surface area contributed by atoms with Crippen molar-refractivity contribution in [3.05, 3.63) is 100 Å². The number of rotatable bonds is 7. The van der Waals surface area contributed by atoms with Crippen molar-refractivity contribution in [2.75, 3.05) is 6.54 Å². The maximum Gasteiger partial charge on any atom is 0.267 e. The van der Waals surface area contributed by atoms with E-state index in [-0.39, 0.29) is 17.4 Å². The molecule has 7 nitrogen and oxygen atoms in total. The van der Waals surface area contributed by atoms with Crippen LogP contribution >= 0.6 is 11.8 Å². The number of aryl methyl sites for hydroxylation is 1. The lowest BCUT2D eigenvalue weighted by molar-refractivity contribution is -0.120. The standard InChI is InChI=1S/C28H27N5O2S/c1-18-13-15-22(16-14-18)32-26(35)23-11-7-8-12-24(23)33-27(32)30-31-28(33)36-20(3)25(34)29-17-19(2)21-9-5-4-6-10-21/h4-16,19-20H,17H2,1-3H3,(H,29,34). The molecule has 0 aliphatic rings. The number of thioether (sulfide) groups is 1. The van der Waals surface area contributed by atoms with E-state index in [4.69, 9.17) is 0 Å². The van der Waals surface area contributed by atoms with E-state index in [1.165, 1.54) is 17.3 Å². The lowest BCUT2D eigenvalue weighted by Gasteiger charge is -2.16. The summed E-state index contributed by atoms with van der Waals surface area (Å²) < 4.78 is 3.43. The Morgan fingerprint density at radius 1 is 0.944 bits per heavy atom. The molecule has 0 bridgehead atoms. The predicted molar refractivity (Wildman–Crippen MR) is 144 cm³/mol. The number of benzene rings is 3. The number of fused-ring (bicyclic) bond motifs is 3. The van der Waals surface area contributed by atoms with Crippen molar-refractivity contribution in [3.63, 3.8) is 0 Å². The molecule has 0 aliphatic carbocycles. The van der Waals surface area contributed by atoms with Gasteiger partial charge >= 0.3 is 0 Å². The van der Waals surface area contributed by atoms with Gasteiger partial charge in [0.2, 0.25) is 11.7 Å². The second-order valence-electron chi connectivity index (χ2n) is 8.93. The van der Waals surface area contributed by atoms with Gasteiger partial charge in [0.1, 0.15) is 0 Å². The maximum atomic E-state index is 13.4. The summed E-state index contributed by atoms with van der Waals surface area (Å²) in [6.07, 6.45) is 0. The van der Waals surface area contributed by atoms with Crippen molar-refractivity contribution >= 4 is 34.3 Å². The van der Waals surface area contributed by atoms with E-state index in [1.807, 2.05) is 78.9 Å². The number of aromatic nitrogens is 4. The van der Waals surface area contributed by atoms with Crippen LogP contribution in [0.1, 0.15) is 30.9 Å². The molecule has 0 aliphatic heterocycles. The number of nitrogens with zero attached hydrogens (tertiary/aromatic N) is 4. The van der Waals surface area contributed by atoms with E-state index in [0.29, 0.717) is 34.1 Å². The van der Waals surface area contributed by atoms with Crippen molar-refractivity contribution in [1.82, 2.24) is 24.5 Å². The highest BCUT2D eigenvalue weighted by atomic mass is 32.2. The van der Waals surface area contributed by atoms with Gasteiger partial charge in [-0.25, -0.2) is 4.57 Å². The third-order valence-corrected chi connectivity index (χ3v) is 7.33. The zero-order valence-electron chi connectivity index (χ0n) is 20.4. The summed E-state index contributed by atoms with van der Waals surface area (Å²) in [5.41, 5.74) is 3.54. The smallest absolute Gasteiger partial charge is 0.267 e. The van der Waals surface area contributed by atoms with Crippen LogP contribution in [-0.4, -0.2) is 36.9 Å². The van der Waals surface area contributed by atoms with Crippen LogP contribution in [0.25, 0.3) is 22.4 Å². The normalized spacial score (nSPS) is 13.1. The van der Waals surface area contributed by atoms with Crippen LogP contribution in [0.2, 0.25) is 0 Å². The zero-order valence-corrected chi connectivity index (χ0v) is 21.2. The Labute approximate surface area is 213 Å². The van der Waals surface area contributed by atoms with E-state index < -0.39 is 5.25 Å². The van der Waals surface area contributed by atoms with Gasteiger partial charge in [-0.05, 0) is 49.6 Å². The molecule has 0 saturated heterocycles. The summed E-state index contributed by atoms with van der Waals surface area (Å²) in [4.78, 5) is 26.4. The Hall–Kier alpha value is -3.91. The van der Waals surface area contributed by atoms with Crippen LogP contribution in [0.4, 0.5) is 0 Å². The summed E-state index contributed by atoms with van der Waals surface area (Å²) in [6.45, 7) is 6.49. The average molecular weight is 498 g/mol. The molecule has 5 aromatic rings. The number of nitrogens with one attached hydrogen (secondary N) is 1. The fourth-order valence-electron chi connectivity index (χ4n) is 4.19. The van der Waals surface area contributed by atoms with E-state index in [1.54, 1.807) is 10.6 Å². The number of carbonyl (C=O) groups is 1. The molecule has 0 radical (unpaired) electrons. The Bertz CT molecular complexity index is 1590. The van der Waals surface area contributed by atoms with E-state index in [0.717, 1.165) is 5.56 Å². The highest BCUT2D eigenvalue weighted by Crippen LogP contribution is 2.26. The molecule has 2 atom stereocenters. The average Bonchev–Trinajstić information content (AvgIpc) is 3.31. The van der Waals surface area contributed by atoms with E-state index in [2.05, 4.69) is 34.6 Å². The van der Waals surface area contributed by atoms with E-state index in [9.17, 15) is 9.59 Å². The number of hydrogen-bond donors (Lipinski definition) is 1. The van der Waals surface area contributed by atoms with Crippen LogP contribution in [-0.2, 0) is 4.79 Å². The number of carbonyl (C=O) groups excluding carboxylic acids is 1. The molecule has 3 aromatic carbocycles. The van der Waals surface area contributed by atoms with Gasteiger partial charge in [0.25, 0.3) is 5.56 Å². The molecule has 0 fully saturated rings. The first-order valence-corrected chi connectivity index (χ1v) is 12.8. The van der Waals surface area contributed by atoms with Gasteiger partial charge in [0.15, 0.2) is 5.16 Å². The van der Waals surface area contributed by atoms with Gasteiger partial charge in [-0.2, -0.15) is 0 Å². The molecule has 2 heterocycles. The zero-order chi connectivity index (χ0) is 25.2. The summed E-state index contributed by atoms with van der Waals surface area (Å²) in [5, 5.41) is 12.5. The SMILES string of the molecule is Cc1ccc(-n2c(=O)c3ccccc3n3c(SC(C)C(=O)NCC(C)c4ccccc4)nnc23)cc1. The Kier molecular flexibility index (Phi) is 6.61. The highest BCUT2D eigenvalue weighted by molar-refractivity contribution is 8.00. The van der Waals surface area contributed by atoms with Gasteiger partial charge in [0, 0.05) is 6.54 Å². The molecule has 0 spiro atoms. The summed E-state index contributed by atoms with van der Waals surface area (Å²) in [5.74, 6) is 0.542. The lowest BCUT2D eigenvalue weighted by Crippen LogP contribution is -2.33. The fraction of sp³-hybridized carbons (Fsp3) is 0.214. The number of amides is 1. The molecule has 2 unspecified atom stereocenters. The third-order valence-electron chi connectivity index (χ3n) is 6.29. The Morgan fingerprint density at radius 2 is 1.64 bits per heavy atom. The monoisotopic (exact) mass is 497 g/mol. The molecule has 8 heteroatoms. The molecule has 2 aromatic heterocycles. The van der Waals surface area contributed by atoms with Crippen LogP contribution < -0.4 is 10.9 Å². The molecule has 182 valence electrons. The summed E-state index contributed by atoms with van der Waals surface area (Å²) in [6, 6.07) is 25.2. The molecular formula is C28H27N5O2S. The van der Waals surface area contributed by atoms with Gasteiger partial charge in [-0.3, -0.25) is 14.0 Å². The topological polar surface area (TPSA) is 81.3 Å². The maximum absolute atomic E-state index is 13.4. The van der Waals surface area contributed by atoms with Crippen LogP contribution in [0.5, 0.6) is 0 Å². The first kappa shape index (κ1) is 23.8. The second-order valence-corrected chi connectivity index (χ2v) is 10.2. The number of para-hydroxylation sites is 1. The minimum absolute atomic E-state index is 0.0734. The minimum atomic E-state index is -0.404. The first-order chi connectivity index (χ1) is 17.4. The Morgan fingerprint density at radius 3 is 2.39 bits per heavy atom. The molecular weight excluding hydrogens is 470 g/mol. The quantitative estimate of drug-likeness (QED) is 0.329. The van der Waals surface area contributed by atoms with Gasteiger partial charge in [0.05, 0.1) is 21.8 Å². The van der Waals surface area contributed by atoms with Gasteiger partial charge in [-0.1, -0.05) is 78.8 Å². The summed E-state index contributed by atoms with van der Waals surface area (Å²) in [7, 11) is 0. The molecule has 1 N–H and O–H groups in total. The lowest BCUT2D eigenvalue weighted by atomic mass is 10.0. The molecule has 0 saturated carbocycles. The van der Waals surface area contributed by atoms with Crippen LogP contribution in [0.3, 0.4) is 0 Å². The van der Waals surface area contributed by atoms with Crippen molar-refractivity contribution in [1.29, 1.82) is 0 Å². The first-order valence-electron chi connectivity index (χ1n) is 11.9. The van der Waals surface area contributed by atoms with Crippen LogP contribution in [0, 0.1) is 6.92 Å². The molecule has 36 heavy (non-hydrogen) atoms. The largest absolute Gasteiger partial charge is 0.355 e. The van der Waals surface area contributed by atoms with E-state index >= 15 is 0 Å². The number of hydrogen-bond acceptors (Lipinski definition) is 5. The van der Waals surface area contributed by atoms with Gasteiger partial charge in [-0.15, -0.1) is 10.2 Å². The summed E-state index contributed by atoms with van der Waals surface area (Å²) >= 11 is 1.32. The van der Waals surface area contributed by atoms with Crippen molar-refractivity contribution in [3.8, 4) is 5.69 Å².